The number of carbonyl (C=O) groups excluding carboxylic acids is 1. The summed E-state index contributed by atoms with van der Waals surface area (Å²) in [5, 5.41) is 10.7. The summed E-state index contributed by atoms with van der Waals surface area (Å²) < 4.78 is 5.20. The van der Waals surface area contributed by atoms with E-state index in [-0.39, 0.29) is 18.0 Å². The van der Waals surface area contributed by atoms with Crippen molar-refractivity contribution in [3.05, 3.63) is 106 Å². The van der Waals surface area contributed by atoms with E-state index in [1.807, 2.05) is 60.7 Å². The zero-order valence-electron chi connectivity index (χ0n) is 14.3. The van der Waals surface area contributed by atoms with E-state index in [1.54, 1.807) is 0 Å². The first-order valence-electron chi connectivity index (χ1n) is 8.24. The van der Waals surface area contributed by atoms with E-state index in [9.17, 15) is 14.9 Å². The van der Waals surface area contributed by atoms with E-state index in [0.29, 0.717) is 5.71 Å². The minimum Gasteiger partial charge on any atom is -0.425 e. The molecule has 0 amide bonds. The molecule has 27 heavy (non-hydrogen) atoms. The average Bonchev–Trinajstić information content (AvgIpc) is 2.70. The van der Waals surface area contributed by atoms with Crippen molar-refractivity contribution >= 4 is 17.4 Å². The van der Waals surface area contributed by atoms with Crippen LogP contribution in [0.3, 0.4) is 0 Å². The van der Waals surface area contributed by atoms with Gasteiger partial charge in [0, 0.05) is 23.3 Å². The van der Waals surface area contributed by atoms with Crippen molar-refractivity contribution in [2.24, 2.45) is 4.99 Å². The highest BCUT2D eigenvalue weighted by Crippen LogP contribution is 2.17. The maximum Gasteiger partial charge on any atom is 0.333 e. The van der Waals surface area contributed by atoms with Crippen LogP contribution in [0.4, 0.5) is 5.69 Å². The molecule has 0 aliphatic heterocycles. The number of non-ortho nitro benzene ring substituents is 1. The Labute approximate surface area is 155 Å². The molecule has 0 aromatic heterocycles. The van der Waals surface area contributed by atoms with Crippen LogP contribution in [0.5, 0.6) is 5.75 Å². The van der Waals surface area contributed by atoms with Crippen molar-refractivity contribution in [1.29, 1.82) is 0 Å². The van der Waals surface area contributed by atoms with Crippen LogP contribution in [0.1, 0.15) is 11.1 Å². The Morgan fingerprint density at radius 3 is 1.85 bits per heavy atom. The lowest BCUT2D eigenvalue weighted by Crippen LogP contribution is -2.14. The van der Waals surface area contributed by atoms with E-state index in [0.717, 1.165) is 11.1 Å². The highest BCUT2D eigenvalue weighted by Gasteiger charge is 2.10. The third kappa shape index (κ3) is 4.85. The van der Waals surface area contributed by atoms with Crippen LogP contribution in [-0.4, -0.2) is 23.1 Å². The molecule has 0 aliphatic rings. The minimum absolute atomic E-state index is 0.0664. The number of esters is 1. The zero-order valence-corrected chi connectivity index (χ0v) is 14.3. The van der Waals surface area contributed by atoms with Gasteiger partial charge in [0.1, 0.15) is 12.3 Å². The first-order valence-corrected chi connectivity index (χ1v) is 8.24. The number of aliphatic imine (C=N–C) groups is 1. The Hall–Kier alpha value is -3.80. The molecular formula is C21H16N2O4. The van der Waals surface area contributed by atoms with Crippen molar-refractivity contribution in [3.63, 3.8) is 0 Å². The number of nitrogens with zero attached hydrogens (tertiary/aromatic N) is 2. The molecule has 3 aromatic rings. The van der Waals surface area contributed by atoms with Gasteiger partial charge in [0.2, 0.25) is 0 Å². The van der Waals surface area contributed by atoms with Crippen LogP contribution in [0.25, 0.3) is 0 Å². The molecule has 0 unspecified atom stereocenters. The Balaban J connectivity index is 1.76. The van der Waals surface area contributed by atoms with Crippen LogP contribution in [0.15, 0.2) is 89.9 Å². The number of rotatable bonds is 6. The molecule has 0 heterocycles. The average molecular weight is 360 g/mol. The fraction of sp³-hybridized carbons (Fsp3) is 0.0476. The van der Waals surface area contributed by atoms with Gasteiger partial charge in [-0.3, -0.25) is 15.1 Å². The van der Waals surface area contributed by atoms with Gasteiger partial charge >= 0.3 is 5.97 Å². The van der Waals surface area contributed by atoms with Crippen LogP contribution < -0.4 is 4.74 Å². The number of nitro benzene ring substituents is 1. The molecule has 3 rings (SSSR count). The fourth-order valence-electron chi connectivity index (χ4n) is 2.48. The molecule has 3 aromatic carbocycles. The fourth-order valence-corrected chi connectivity index (χ4v) is 2.48. The third-order valence-electron chi connectivity index (χ3n) is 3.74. The van der Waals surface area contributed by atoms with Crippen LogP contribution in [-0.2, 0) is 4.79 Å². The molecular weight excluding hydrogens is 344 g/mol. The highest BCUT2D eigenvalue weighted by molar-refractivity contribution is 6.13. The first-order chi connectivity index (χ1) is 13.1. The van der Waals surface area contributed by atoms with E-state index in [2.05, 4.69) is 4.99 Å². The molecule has 134 valence electrons. The van der Waals surface area contributed by atoms with Gasteiger partial charge < -0.3 is 4.74 Å². The van der Waals surface area contributed by atoms with E-state index < -0.39 is 10.9 Å². The van der Waals surface area contributed by atoms with Gasteiger partial charge in [-0.15, -0.1) is 0 Å². The summed E-state index contributed by atoms with van der Waals surface area (Å²) in [6, 6.07) is 24.5. The molecule has 0 atom stereocenters. The van der Waals surface area contributed by atoms with Crippen molar-refractivity contribution in [2.45, 2.75) is 0 Å². The lowest BCUT2D eigenvalue weighted by atomic mass is 10.0. The number of nitro groups is 1. The molecule has 0 saturated heterocycles. The second-order valence-electron chi connectivity index (χ2n) is 5.62. The van der Waals surface area contributed by atoms with E-state index in [1.165, 1.54) is 24.3 Å². The third-order valence-corrected chi connectivity index (χ3v) is 3.74. The maximum absolute atomic E-state index is 12.1. The number of ether oxygens (including phenoxy) is 1. The highest BCUT2D eigenvalue weighted by atomic mass is 16.6. The van der Waals surface area contributed by atoms with Gasteiger partial charge in [-0.1, -0.05) is 60.7 Å². The van der Waals surface area contributed by atoms with E-state index in [4.69, 9.17) is 4.74 Å². The smallest absolute Gasteiger partial charge is 0.333 e. The summed E-state index contributed by atoms with van der Waals surface area (Å²) in [6.45, 7) is -0.171. The summed E-state index contributed by atoms with van der Waals surface area (Å²) >= 11 is 0. The molecule has 0 fully saturated rings. The van der Waals surface area contributed by atoms with Crippen LogP contribution in [0, 0.1) is 10.1 Å². The Morgan fingerprint density at radius 1 is 0.852 bits per heavy atom. The number of hydrogen-bond acceptors (Lipinski definition) is 5. The number of carbonyl (C=O) groups is 1. The maximum atomic E-state index is 12.1. The summed E-state index contributed by atoms with van der Waals surface area (Å²) in [6.07, 6.45) is 0. The van der Waals surface area contributed by atoms with Crippen molar-refractivity contribution in [3.8, 4) is 5.75 Å². The predicted molar refractivity (Wildman–Crippen MR) is 102 cm³/mol. The van der Waals surface area contributed by atoms with Crippen molar-refractivity contribution in [1.82, 2.24) is 0 Å². The van der Waals surface area contributed by atoms with Gasteiger partial charge in [0.15, 0.2) is 0 Å². The largest absolute Gasteiger partial charge is 0.425 e. The molecule has 0 radical (unpaired) electrons. The summed E-state index contributed by atoms with van der Waals surface area (Å²) in [5.41, 5.74) is 2.42. The molecule has 6 heteroatoms. The SMILES string of the molecule is O=C(CN=C(c1ccccc1)c1ccccc1)Oc1ccc([N+](=O)[O-])cc1. The van der Waals surface area contributed by atoms with Gasteiger partial charge in [0.25, 0.3) is 5.69 Å². The topological polar surface area (TPSA) is 81.8 Å². The normalized spacial score (nSPS) is 10.1. The molecule has 0 bridgehead atoms. The van der Waals surface area contributed by atoms with Gasteiger partial charge in [0.05, 0.1) is 10.6 Å². The zero-order chi connectivity index (χ0) is 19.1. The second-order valence-corrected chi connectivity index (χ2v) is 5.62. The number of benzene rings is 3. The van der Waals surface area contributed by atoms with Crippen molar-refractivity contribution < 1.29 is 14.5 Å². The van der Waals surface area contributed by atoms with Gasteiger partial charge in [-0.05, 0) is 12.1 Å². The lowest BCUT2D eigenvalue weighted by molar-refractivity contribution is -0.384. The summed E-state index contributed by atoms with van der Waals surface area (Å²) in [4.78, 5) is 26.7. The molecule has 0 N–H and O–H groups in total. The molecule has 6 nitrogen and oxygen atoms in total. The van der Waals surface area contributed by atoms with Crippen LogP contribution in [0.2, 0.25) is 0 Å². The minimum atomic E-state index is -0.548. The van der Waals surface area contributed by atoms with Gasteiger partial charge in [-0.25, -0.2) is 4.79 Å². The Bertz CT molecular complexity index is 911. The Morgan fingerprint density at radius 2 is 1.37 bits per heavy atom. The quantitative estimate of drug-likeness (QED) is 0.218. The van der Waals surface area contributed by atoms with E-state index >= 15 is 0 Å². The van der Waals surface area contributed by atoms with Crippen molar-refractivity contribution in [2.75, 3.05) is 6.54 Å². The first kappa shape index (κ1) is 18.0. The lowest BCUT2D eigenvalue weighted by Gasteiger charge is -2.08. The molecule has 0 aliphatic carbocycles. The monoisotopic (exact) mass is 360 g/mol. The predicted octanol–water partition coefficient (Wildman–Crippen LogP) is 4.04. The second kappa shape index (κ2) is 8.53. The molecule has 0 spiro atoms. The summed E-state index contributed by atoms with van der Waals surface area (Å²) in [5.74, 6) is -0.310. The standard InChI is InChI=1S/C21H16N2O4/c24-20(27-19-13-11-18(12-14-19)23(25)26)15-22-21(16-7-3-1-4-8-16)17-9-5-2-6-10-17/h1-14H,15H2. The number of hydrogen-bond donors (Lipinski definition) is 0. The summed E-state index contributed by atoms with van der Waals surface area (Å²) in [7, 11) is 0. The van der Waals surface area contributed by atoms with Gasteiger partial charge in [-0.2, -0.15) is 0 Å². The molecule has 0 saturated carbocycles. The Kier molecular flexibility index (Phi) is 5.69. The van der Waals surface area contributed by atoms with Crippen LogP contribution >= 0.6 is 0 Å².